The minimum atomic E-state index is -0.800. The zero-order valence-corrected chi connectivity index (χ0v) is 12.9. The predicted molar refractivity (Wildman–Crippen MR) is 78.9 cm³/mol. The second-order valence-electron chi connectivity index (χ2n) is 4.12. The predicted octanol–water partition coefficient (Wildman–Crippen LogP) is 4.45. The Kier molecular flexibility index (Phi) is 4.72. The molecule has 0 aliphatic heterocycles. The summed E-state index contributed by atoms with van der Waals surface area (Å²) in [6.45, 7) is 0.408. The van der Waals surface area contributed by atoms with Gasteiger partial charge in [0, 0.05) is 18.0 Å². The Morgan fingerprint density at radius 1 is 1.35 bits per heavy atom. The molecule has 7 heteroatoms. The van der Waals surface area contributed by atoms with Gasteiger partial charge in [0.05, 0.1) is 16.0 Å². The number of nitrogens with one attached hydrogen (secondary N) is 1. The second kappa shape index (κ2) is 6.32. The third-order valence-electron chi connectivity index (χ3n) is 2.54. The molecule has 0 atom stereocenters. The summed E-state index contributed by atoms with van der Waals surface area (Å²) in [5, 5.41) is 2.40. The quantitative estimate of drug-likeness (QED) is 0.861. The lowest BCUT2D eigenvalue weighted by molar-refractivity contribution is 0.221. The number of benzene rings is 1. The highest BCUT2D eigenvalue weighted by Crippen LogP contribution is 2.23. The van der Waals surface area contributed by atoms with E-state index in [1.165, 1.54) is 22.3 Å². The van der Waals surface area contributed by atoms with Crippen LogP contribution in [-0.4, -0.2) is 18.0 Å². The zero-order chi connectivity index (χ0) is 14.7. The van der Waals surface area contributed by atoms with Crippen molar-refractivity contribution >= 4 is 39.0 Å². The van der Waals surface area contributed by atoms with Gasteiger partial charge < -0.3 is 10.2 Å². The van der Waals surface area contributed by atoms with Crippen molar-refractivity contribution in [3.05, 3.63) is 50.6 Å². The Morgan fingerprint density at radius 3 is 2.70 bits per heavy atom. The Bertz CT molecular complexity index is 633. The number of hydrogen-bond acceptors (Lipinski definition) is 2. The van der Waals surface area contributed by atoms with E-state index in [1.807, 2.05) is 12.1 Å². The van der Waals surface area contributed by atoms with Crippen LogP contribution in [0.2, 0.25) is 0 Å². The first-order valence-corrected chi connectivity index (χ1v) is 7.28. The molecule has 0 aliphatic carbocycles. The van der Waals surface area contributed by atoms with Crippen LogP contribution in [0.4, 0.5) is 19.3 Å². The summed E-state index contributed by atoms with van der Waals surface area (Å²) in [5.41, 5.74) is -0.0457. The molecule has 1 N–H and O–H groups in total. The topological polar surface area (TPSA) is 32.3 Å². The van der Waals surface area contributed by atoms with Gasteiger partial charge in [0.2, 0.25) is 0 Å². The van der Waals surface area contributed by atoms with Gasteiger partial charge in [-0.15, -0.1) is 11.3 Å². The van der Waals surface area contributed by atoms with Gasteiger partial charge in [0.1, 0.15) is 11.6 Å². The van der Waals surface area contributed by atoms with Crippen LogP contribution in [0.3, 0.4) is 0 Å². The summed E-state index contributed by atoms with van der Waals surface area (Å²) in [7, 11) is 1.60. The SMILES string of the molecule is CN(Cc1ccc(Br)s1)C(=O)Nc1ccc(F)cc1F. The fraction of sp³-hybridized carbons (Fsp3) is 0.154. The fourth-order valence-corrected chi connectivity index (χ4v) is 3.08. The summed E-state index contributed by atoms with van der Waals surface area (Å²) in [4.78, 5) is 14.3. The first-order valence-electron chi connectivity index (χ1n) is 5.67. The van der Waals surface area contributed by atoms with Gasteiger partial charge in [-0.1, -0.05) is 0 Å². The lowest BCUT2D eigenvalue weighted by atomic mass is 10.3. The Labute approximate surface area is 127 Å². The van der Waals surface area contributed by atoms with Crippen molar-refractivity contribution < 1.29 is 13.6 Å². The maximum atomic E-state index is 13.4. The van der Waals surface area contributed by atoms with Crippen molar-refractivity contribution in [2.45, 2.75) is 6.54 Å². The number of halogens is 3. The molecule has 0 radical (unpaired) electrons. The summed E-state index contributed by atoms with van der Waals surface area (Å²) >= 11 is 4.86. The molecule has 0 fully saturated rings. The molecule has 2 rings (SSSR count). The van der Waals surface area contributed by atoms with E-state index in [9.17, 15) is 13.6 Å². The number of carbonyl (C=O) groups is 1. The largest absolute Gasteiger partial charge is 0.322 e. The van der Waals surface area contributed by atoms with E-state index in [2.05, 4.69) is 21.2 Å². The Hall–Kier alpha value is -1.47. The lowest BCUT2D eigenvalue weighted by Gasteiger charge is -2.17. The number of thiophene rings is 1. The van der Waals surface area contributed by atoms with E-state index in [0.717, 1.165) is 20.8 Å². The maximum absolute atomic E-state index is 13.4. The zero-order valence-electron chi connectivity index (χ0n) is 10.5. The van der Waals surface area contributed by atoms with Gasteiger partial charge in [-0.05, 0) is 40.2 Å². The van der Waals surface area contributed by atoms with Crippen LogP contribution in [0.5, 0.6) is 0 Å². The van der Waals surface area contributed by atoms with E-state index >= 15 is 0 Å². The van der Waals surface area contributed by atoms with Crippen LogP contribution >= 0.6 is 27.3 Å². The number of rotatable bonds is 3. The number of nitrogens with zero attached hydrogens (tertiary/aromatic N) is 1. The molecule has 0 unspecified atom stereocenters. The van der Waals surface area contributed by atoms with Crippen LogP contribution in [0, 0.1) is 11.6 Å². The monoisotopic (exact) mass is 360 g/mol. The van der Waals surface area contributed by atoms with Crippen molar-refractivity contribution in [1.82, 2.24) is 4.90 Å². The van der Waals surface area contributed by atoms with E-state index in [1.54, 1.807) is 7.05 Å². The molecule has 3 nitrogen and oxygen atoms in total. The molecule has 20 heavy (non-hydrogen) atoms. The average Bonchev–Trinajstić information content (AvgIpc) is 2.78. The molecule has 1 heterocycles. The van der Waals surface area contributed by atoms with E-state index in [4.69, 9.17) is 0 Å². The molecule has 0 saturated carbocycles. The van der Waals surface area contributed by atoms with Gasteiger partial charge in [0.25, 0.3) is 0 Å². The fourth-order valence-electron chi connectivity index (χ4n) is 1.54. The highest BCUT2D eigenvalue weighted by molar-refractivity contribution is 9.11. The molecule has 0 aliphatic rings. The van der Waals surface area contributed by atoms with Crippen molar-refractivity contribution in [1.29, 1.82) is 0 Å². The Balaban J connectivity index is 2.00. The van der Waals surface area contributed by atoms with Crippen molar-refractivity contribution in [2.24, 2.45) is 0 Å². The van der Waals surface area contributed by atoms with E-state index in [-0.39, 0.29) is 5.69 Å². The molecule has 106 valence electrons. The summed E-state index contributed by atoms with van der Waals surface area (Å²) in [6, 6.07) is 6.35. The number of carbonyl (C=O) groups excluding carboxylic acids is 1. The van der Waals surface area contributed by atoms with Crippen LogP contribution in [0.15, 0.2) is 34.1 Å². The van der Waals surface area contributed by atoms with Gasteiger partial charge in [-0.25, -0.2) is 13.6 Å². The van der Waals surface area contributed by atoms with Crippen LogP contribution in [0.25, 0.3) is 0 Å². The molecule has 0 bridgehead atoms. The molecule has 1 aromatic heterocycles. The van der Waals surface area contributed by atoms with Crippen molar-refractivity contribution in [3.8, 4) is 0 Å². The van der Waals surface area contributed by atoms with Crippen molar-refractivity contribution in [3.63, 3.8) is 0 Å². The third-order valence-corrected chi connectivity index (χ3v) is 4.15. The summed E-state index contributed by atoms with van der Waals surface area (Å²) in [5.74, 6) is -1.48. The van der Waals surface area contributed by atoms with Gasteiger partial charge >= 0.3 is 6.03 Å². The maximum Gasteiger partial charge on any atom is 0.321 e. The normalized spacial score (nSPS) is 10.4. The van der Waals surface area contributed by atoms with Gasteiger partial charge in [-0.2, -0.15) is 0 Å². The smallest absolute Gasteiger partial charge is 0.321 e. The second-order valence-corrected chi connectivity index (χ2v) is 6.66. The highest BCUT2D eigenvalue weighted by atomic mass is 79.9. The summed E-state index contributed by atoms with van der Waals surface area (Å²) in [6.07, 6.45) is 0. The number of anilines is 1. The van der Waals surface area contributed by atoms with Gasteiger partial charge in [-0.3, -0.25) is 0 Å². The van der Waals surface area contributed by atoms with Crippen LogP contribution in [0.1, 0.15) is 4.88 Å². The number of amides is 2. The van der Waals surface area contributed by atoms with Crippen LogP contribution < -0.4 is 5.32 Å². The van der Waals surface area contributed by atoms with Crippen molar-refractivity contribution in [2.75, 3.05) is 12.4 Å². The third kappa shape index (κ3) is 3.77. The molecule has 1 aromatic carbocycles. The molecule has 2 aromatic rings. The molecular formula is C13H11BrF2N2OS. The molecule has 0 saturated heterocycles. The van der Waals surface area contributed by atoms with E-state index in [0.29, 0.717) is 6.54 Å². The minimum Gasteiger partial charge on any atom is -0.322 e. The first kappa shape index (κ1) is 14.9. The lowest BCUT2D eigenvalue weighted by Crippen LogP contribution is -2.30. The standard InChI is InChI=1S/C13H11BrF2N2OS/c1-18(7-9-3-5-12(14)20-9)13(19)17-11-4-2-8(15)6-10(11)16/h2-6H,7H2,1H3,(H,17,19). The van der Waals surface area contributed by atoms with Gasteiger partial charge in [0.15, 0.2) is 0 Å². The number of hydrogen-bond donors (Lipinski definition) is 1. The van der Waals surface area contributed by atoms with E-state index < -0.39 is 17.7 Å². The molecular weight excluding hydrogens is 350 g/mol. The highest BCUT2D eigenvalue weighted by Gasteiger charge is 2.13. The Morgan fingerprint density at radius 2 is 2.10 bits per heavy atom. The first-order chi connectivity index (χ1) is 9.45. The van der Waals surface area contributed by atoms with Crippen LogP contribution in [-0.2, 0) is 6.54 Å². The molecule has 0 spiro atoms. The molecule has 2 amide bonds. The number of urea groups is 1. The minimum absolute atomic E-state index is 0.0457. The summed E-state index contributed by atoms with van der Waals surface area (Å²) < 4.78 is 27.2. The average molecular weight is 361 g/mol.